The van der Waals surface area contributed by atoms with Crippen molar-refractivity contribution in [3.05, 3.63) is 0 Å². The summed E-state index contributed by atoms with van der Waals surface area (Å²) in [6, 6.07) is 3.62. The van der Waals surface area contributed by atoms with Gasteiger partial charge in [0.1, 0.15) is 0 Å². The second kappa shape index (κ2) is 13.5. The molecular formula is C15H37FO7Si3. The first-order chi connectivity index (χ1) is 12.3. The molecule has 0 aromatic carbocycles. The second-order valence-electron chi connectivity index (χ2n) is 6.48. The minimum absolute atomic E-state index is 0.330. The molecule has 0 saturated carbocycles. The highest BCUT2D eigenvalue weighted by atomic mass is 28.4. The van der Waals surface area contributed by atoms with E-state index in [4.69, 9.17) is 31.3 Å². The van der Waals surface area contributed by atoms with Gasteiger partial charge in [0.25, 0.3) is 0 Å². The van der Waals surface area contributed by atoms with Gasteiger partial charge in [-0.15, -0.1) is 0 Å². The maximum Gasteiger partial charge on any atom is 0.500 e. The Labute approximate surface area is 161 Å². The van der Waals surface area contributed by atoms with Crippen molar-refractivity contribution in [1.82, 2.24) is 0 Å². The minimum atomic E-state index is -2.77. The van der Waals surface area contributed by atoms with Crippen molar-refractivity contribution in [3.63, 3.8) is 0 Å². The Bertz CT molecular complexity index is 352. The van der Waals surface area contributed by atoms with Crippen LogP contribution in [0.2, 0.25) is 36.8 Å². The third-order valence-electron chi connectivity index (χ3n) is 4.93. The maximum atomic E-state index is 13.2. The molecule has 158 valence electrons. The SMILES string of the molecule is COCCO[Si](CC[Si](C)(CCF)CC[Si](OC)(OC)OC)(OC)OC. The Morgan fingerprint density at radius 1 is 0.615 bits per heavy atom. The molecule has 26 heavy (non-hydrogen) atoms. The number of alkyl halides is 1. The van der Waals surface area contributed by atoms with Gasteiger partial charge in [0.2, 0.25) is 0 Å². The lowest BCUT2D eigenvalue weighted by molar-refractivity contribution is 0.0670. The first-order valence-corrected chi connectivity index (χ1v) is 15.8. The molecule has 0 aliphatic heterocycles. The third kappa shape index (κ3) is 8.54. The molecule has 0 spiro atoms. The van der Waals surface area contributed by atoms with Crippen LogP contribution in [0.3, 0.4) is 0 Å². The van der Waals surface area contributed by atoms with Crippen LogP contribution in [0.4, 0.5) is 4.39 Å². The second-order valence-corrected chi connectivity index (χ2v) is 17.7. The molecule has 0 amide bonds. The number of halogens is 1. The zero-order valence-corrected chi connectivity index (χ0v) is 20.4. The Balaban J connectivity index is 4.99. The Kier molecular flexibility index (Phi) is 13.6. The van der Waals surface area contributed by atoms with Gasteiger partial charge in [-0.2, -0.15) is 0 Å². The fourth-order valence-corrected chi connectivity index (χ4v) is 13.8. The molecule has 0 saturated heterocycles. The van der Waals surface area contributed by atoms with Gasteiger partial charge in [0, 0.05) is 54.7 Å². The summed E-state index contributed by atoms with van der Waals surface area (Å²) >= 11 is 0. The highest BCUT2D eigenvalue weighted by Crippen LogP contribution is 2.32. The summed E-state index contributed by atoms with van der Waals surface area (Å²) in [6.45, 7) is 2.76. The molecule has 11 heteroatoms. The summed E-state index contributed by atoms with van der Waals surface area (Å²) in [6.07, 6.45) is 0. The van der Waals surface area contributed by atoms with Crippen LogP contribution < -0.4 is 0 Å². The van der Waals surface area contributed by atoms with E-state index >= 15 is 0 Å². The van der Waals surface area contributed by atoms with Crippen LogP contribution in [0.15, 0.2) is 0 Å². The number of ether oxygens (including phenoxy) is 1. The van der Waals surface area contributed by atoms with E-state index in [9.17, 15) is 4.39 Å². The van der Waals surface area contributed by atoms with E-state index in [0.717, 1.165) is 12.1 Å². The lowest BCUT2D eigenvalue weighted by atomic mass is 10.8. The van der Waals surface area contributed by atoms with Crippen LogP contribution >= 0.6 is 0 Å². The lowest BCUT2D eigenvalue weighted by Gasteiger charge is -2.34. The third-order valence-corrected chi connectivity index (χ3v) is 15.7. The average molecular weight is 433 g/mol. The molecular weight excluding hydrogens is 395 g/mol. The van der Waals surface area contributed by atoms with Crippen molar-refractivity contribution in [1.29, 1.82) is 0 Å². The minimum Gasteiger partial charge on any atom is -0.382 e. The van der Waals surface area contributed by atoms with Gasteiger partial charge < -0.3 is 31.3 Å². The molecule has 1 unspecified atom stereocenters. The summed E-state index contributed by atoms with van der Waals surface area (Å²) in [5.74, 6) is 0. The van der Waals surface area contributed by atoms with Crippen LogP contribution in [0.1, 0.15) is 0 Å². The molecule has 7 nitrogen and oxygen atoms in total. The molecule has 1 atom stereocenters. The predicted octanol–water partition coefficient (Wildman–Crippen LogP) is 2.81. The molecule has 0 bridgehead atoms. The van der Waals surface area contributed by atoms with E-state index in [-0.39, 0.29) is 6.67 Å². The molecule has 0 aliphatic carbocycles. The van der Waals surface area contributed by atoms with Crippen molar-refractivity contribution >= 4 is 25.7 Å². The van der Waals surface area contributed by atoms with Crippen molar-refractivity contribution < 1.29 is 35.7 Å². The maximum absolute atomic E-state index is 13.2. The fraction of sp³-hybridized carbons (Fsp3) is 1.00. The Hall–Kier alpha value is 0.301. The van der Waals surface area contributed by atoms with Crippen molar-refractivity contribution in [3.8, 4) is 0 Å². The zero-order chi connectivity index (χ0) is 20.1. The van der Waals surface area contributed by atoms with Crippen molar-refractivity contribution in [2.75, 3.05) is 62.5 Å². The van der Waals surface area contributed by atoms with Crippen LogP contribution in [-0.2, 0) is 31.3 Å². The largest absolute Gasteiger partial charge is 0.500 e. The zero-order valence-electron chi connectivity index (χ0n) is 17.4. The van der Waals surface area contributed by atoms with Gasteiger partial charge in [-0.25, -0.2) is 0 Å². The van der Waals surface area contributed by atoms with E-state index in [1.807, 2.05) is 0 Å². The molecule has 0 aliphatic rings. The van der Waals surface area contributed by atoms with Gasteiger partial charge in [-0.05, 0) is 6.04 Å². The Morgan fingerprint density at radius 2 is 1.08 bits per heavy atom. The Morgan fingerprint density at radius 3 is 1.46 bits per heavy atom. The van der Waals surface area contributed by atoms with Gasteiger partial charge >= 0.3 is 17.6 Å². The van der Waals surface area contributed by atoms with Crippen molar-refractivity contribution in [2.24, 2.45) is 0 Å². The first-order valence-electron chi connectivity index (χ1n) is 8.79. The quantitative estimate of drug-likeness (QED) is 0.259. The number of rotatable bonds is 17. The summed E-state index contributed by atoms with van der Waals surface area (Å²) in [7, 11) is 2.29. The van der Waals surface area contributed by atoms with Crippen LogP contribution in [0, 0.1) is 0 Å². The average Bonchev–Trinajstić information content (AvgIpc) is 2.67. The first kappa shape index (κ1) is 26.3. The molecule has 0 fully saturated rings. The summed E-state index contributed by atoms with van der Waals surface area (Å²) in [5, 5.41) is 0. The van der Waals surface area contributed by atoms with Crippen molar-refractivity contribution in [2.45, 2.75) is 36.8 Å². The molecule has 0 aromatic heterocycles. The van der Waals surface area contributed by atoms with E-state index < -0.39 is 25.7 Å². The molecule has 0 radical (unpaired) electrons. The highest BCUT2D eigenvalue weighted by Gasteiger charge is 2.44. The molecule has 0 aromatic rings. The smallest absolute Gasteiger partial charge is 0.382 e. The van der Waals surface area contributed by atoms with E-state index in [1.165, 1.54) is 0 Å². The lowest BCUT2D eigenvalue weighted by Crippen LogP contribution is -2.48. The number of hydrogen-bond donors (Lipinski definition) is 0. The van der Waals surface area contributed by atoms with E-state index in [0.29, 0.717) is 31.3 Å². The number of hydrogen-bond acceptors (Lipinski definition) is 7. The fourth-order valence-electron chi connectivity index (χ4n) is 2.83. The summed E-state index contributed by atoms with van der Waals surface area (Å²) in [5.41, 5.74) is 0. The van der Waals surface area contributed by atoms with Crippen LogP contribution in [-0.4, -0.2) is 88.2 Å². The number of methoxy groups -OCH3 is 1. The molecule has 0 rings (SSSR count). The monoisotopic (exact) mass is 432 g/mol. The van der Waals surface area contributed by atoms with E-state index in [2.05, 4.69) is 6.55 Å². The predicted molar refractivity (Wildman–Crippen MR) is 106 cm³/mol. The van der Waals surface area contributed by atoms with Crippen LogP contribution in [0.5, 0.6) is 0 Å². The van der Waals surface area contributed by atoms with E-state index in [1.54, 1.807) is 42.7 Å². The van der Waals surface area contributed by atoms with Gasteiger partial charge in [-0.1, -0.05) is 18.6 Å². The summed E-state index contributed by atoms with van der Waals surface area (Å²) in [4.78, 5) is 0. The normalized spacial score (nSPS) is 15.2. The highest BCUT2D eigenvalue weighted by molar-refractivity contribution is 6.81. The topological polar surface area (TPSA) is 64.6 Å². The van der Waals surface area contributed by atoms with Gasteiger partial charge in [-0.3, -0.25) is 4.39 Å². The standard InChI is InChI=1S/C15H37FO7Si3/c1-17-9-10-23-26(21-5,22-6)15-13-24(7,11-8-16)12-14-25(18-2,19-3)20-4/h8-15H2,1-7H3. The molecule has 0 heterocycles. The van der Waals surface area contributed by atoms with Gasteiger partial charge in [0.05, 0.1) is 28.0 Å². The molecule has 0 N–H and O–H groups in total. The van der Waals surface area contributed by atoms with Gasteiger partial charge in [0.15, 0.2) is 0 Å². The van der Waals surface area contributed by atoms with Crippen LogP contribution in [0.25, 0.3) is 0 Å². The summed E-state index contributed by atoms with van der Waals surface area (Å²) < 4.78 is 51.9.